The number of carboxylic acid groups (broad SMARTS) is 1. The van der Waals surface area contributed by atoms with E-state index in [4.69, 9.17) is 22.4 Å². The zero-order valence-corrected chi connectivity index (χ0v) is 12.3. The molecule has 0 bridgehead atoms. The number of aromatic carboxylic acids is 1. The van der Waals surface area contributed by atoms with Gasteiger partial charge in [-0.1, -0.05) is 32.4 Å². The Balaban J connectivity index is 2.50. The molecule has 0 aliphatic heterocycles. The highest BCUT2D eigenvalue weighted by Gasteiger charge is 2.20. The second-order valence-electron chi connectivity index (χ2n) is 5.59. The average Bonchev–Trinajstić information content (AvgIpc) is 2.70. The second-order valence-corrected chi connectivity index (χ2v) is 5.99. The Morgan fingerprint density at radius 3 is 2.45 bits per heavy atom. The van der Waals surface area contributed by atoms with Gasteiger partial charge in [0.25, 0.3) is 0 Å². The van der Waals surface area contributed by atoms with Crippen LogP contribution in [0, 0.1) is 0 Å². The zero-order valence-electron chi connectivity index (χ0n) is 11.5. The lowest BCUT2D eigenvalue weighted by Crippen LogP contribution is -2.12. The molecule has 0 saturated carbocycles. The van der Waals surface area contributed by atoms with E-state index in [2.05, 4.69) is 5.10 Å². The van der Waals surface area contributed by atoms with E-state index in [0.717, 1.165) is 5.69 Å². The number of carbonyl (C=O) groups is 1. The van der Waals surface area contributed by atoms with Gasteiger partial charge < -0.3 is 10.8 Å². The summed E-state index contributed by atoms with van der Waals surface area (Å²) in [6, 6.07) is 6.42. The fraction of sp³-hybridized carbons (Fsp3) is 0.286. The molecule has 20 heavy (non-hydrogen) atoms. The molecule has 106 valence electrons. The third kappa shape index (κ3) is 2.63. The van der Waals surface area contributed by atoms with Gasteiger partial charge in [0.1, 0.15) is 5.82 Å². The van der Waals surface area contributed by atoms with Crippen LogP contribution >= 0.6 is 11.6 Å². The van der Waals surface area contributed by atoms with Crippen molar-refractivity contribution in [3.63, 3.8) is 0 Å². The van der Waals surface area contributed by atoms with Crippen LogP contribution in [0.15, 0.2) is 24.3 Å². The molecule has 0 atom stereocenters. The normalized spacial score (nSPS) is 11.6. The van der Waals surface area contributed by atoms with Gasteiger partial charge in [0.15, 0.2) is 0 Å². The highest BCUT2D eigenvalue weighted by molar-refractivity contribution is 6.33. The van der Waals surface area contributed by atoms with E-state index in [-0.39, 0.29) is 16.0 Å². The van der Waals surface area contributed by atoms with Crippen molar-refractivity contribution >= 4 is 23.4 Å². The van der Waals surface area contributed by atoms with Crippen molar-refractivity contribution in [3.8, 4) is 5.69 Å². The average molecular weight is 294 g/mol. The van der Waals surface area contributed by atoms with Gasteiger partial charge >= 0.3 is 5.97 Å². The van der Waals surface area contributed by atoms with Crippen LogP contribution in [0.5, 0.6) is 0 Å². The lowest BCUT2D eigenvalue weighted by Gasteiger charge is -2.14. The van der Waals surface area contributed by atoms with Crippen LogP contribution in [0.25, 0.3) is 5.69 Å². The van der Waals surface area contributed by atoms with Crippen molar-refractivity contribution in [2.45, 2.75) is 26.2 Å². The van der Waals surface area contributed by atoms with Crippen LogP contribution in [0.3, 0.4) is 0 Å². The predicted molar refractivity (Wildman–Crippen MR) is 78.6 cm³/mol. The molecule has 1 heterocycles. The topological polar surface area (TPSA) is 81.1 Å². The van der Waals surface area contributed by atoms with Crippen molar-refractivity contribution in [2.24, 2.45) is 0 Å². The zero-order chi connectivity index (χ0) is 15.1. The van der Waals surface area contributed by atoms with Crippen molar-refractivity contribution in [2.75, 3.05) is 5.73 Å². The molecule has 1 aromatic heterocycles. The van der Waals surface area contributed by atoms with E-state index >= 15 is 0 Å². The van der Waals surface area contributed by atoms with Crippen LogP contribution < -0.4 is 5.73 Å². The molecule has 0 unspecified atom stereocenters. The first kappa shape index (κ1) is 14.4. The molecule has 6 heteroatoms. The Labute approximate surface area is 122 Å². The summed E-state index contributed by atoms with van der Waals surface area (Å²) < 4.78 is 1.55. The third-order valence-electron chi connectivity index (χ3n) is 2.93. The van der Waals surface area contributed by atoms with E-state index in [1.54, 1.807) is 22.9 Å². The first-order valence-corrected chi connectivity index (χ1v) is 6.47. The van der Waals surface area contributed by atoms with Crippen LogP contribution in [0.4, 0.5) is 5.82 Å². The van der Waals surface area contributed by atoms with Gasteiger partial charge in [-0.15, -0.1) is 0 Å². The third-order valence-corrected chi connectivity index (χ3v) is 3.25. The lowest BCUT2D eigenvalue weighted by molar-refractivity contribution is 0.0697. The maximum absolute atomic E-state index is 10.9. The summed E-state index contributed by atoms with van der Waals surface area (Å²) in [6.45, 7) is 6.12. The van der Waals surface area contributed by atoms with Crippen molar-refractivity contribution in [3.05, 3.63) is 40.5 Å². The van der Waals surface area contributed by atoms with Crippen molar-refractivity contribution in [1.29, 1.82) is 0 Å². The van der Waals surface area contributed by atoms with Gasteiger partial charge in [0.2, 0.25) is 0 Å². The van der Waals surface area contributed by atoms with Gasteiger partial charge in [-0.25, -0.2) is 9.48 Å². The maximum Gasteiger partial charge on any atom is 0.337 e. The number of nitrogens with zero attached hydrogens (tertiary/aromatic N) is 2. The van der Waals surface area contributed by atoms with Gasteiger partial charge in [0, 0.05) is 11.5 Å². The number of benzene rings is 1. The molecule has 1 aromatic carbocycles. The van der Waals surface area contributed by atoms with Gasteiger partial charge in [-0.05, 0) is 18.2 Å². The molecular weight excluding hydrogens is 278 g/mol. The largest absolute Gasteiger partial charge is 0.478 e. The van der Waals surface area contributed by atoms with E-state index < -0.39 is 5.97 Å². The van der Waals surface area contributed by atoms with Gasteiger partial charge in [-0.3, -0.25) is 0 Å². The molecule has 2 aromatic rings. The lowest BCUT2D eigenvalue weighted by atomic mass is 9.92. The standard InChI is InChI=1S/C14H16ClN3O2/c1-14(2,3)11-7-12(16)18(17-11)8-4-5-9(13(19)20)10(15)6-8/h4-7H,16H2,1-3H3,(H,19,20). The van der Waals surface area contributed by atoms with Crippen molar-refractivity contribution in [1.82, 2.24) is 9.78 Å². The number of halogens is 1. The quantitative estimate of drug-likeness (QED) is 0.891. The second kappa shape index (κ2) is 4.83. The SMILES string of the molecule is CC(C)(C)c1cc(N)n(-c2ccc(C(=O)O)c(Cl)c2)n1. The summed E-state index contributed by atoms with van der Waals surface area (Å²) >= 11 is 5.96. The number of hydrogen-bond donors (Lipinski definition) is 2. The van der Waals surface area contributed by atoms with Crippen LogP contribution in [-0.4, -0.2) is 20.9 Å². The minimum atomic E-state index is -1.06. The van der Waals surface area contributed by atoms with E-state index in [1.165, 1.54) is 6.07 Å². The Hall–Kier alpha value is -2.01. The number of aromatic nitrogens is 2. The summed E-state index contributed by atoms with van der Waals surface area (Å²) in [4.78, 5) is 10.9. The predicted octanol–water partition coefficient (Wildman–Crippen LogP) is 3.10. The minimum Gasteiger partial charge on any atom is -0.478 e. The summed E-state index contributed by atoms with van der Waals surface area (Å²) in [7, 11) is 0. The monoisotopic (exact) mass is 293 g/mol. The van der Waals surface area contributed by atoms with E-state index in [0.29, 0.717) is 11.5 Å². The van der Waals surface area contributed by atoms with Crippen LogP contribution in [0.2, 0.25) is 5.02 Å². The Bertz CT molecular complexity index is 672. The first-order chi connectivity index (χ1) is 9.20. The highest BCUT2D eigenvalue weighted by Crippen LogP contribution is 2.26. The molecule has 5 nitrogen and oxygen atoms in total. The fourth-order valence-corrected chi connectivity index (χ4v) is 2.03. The molecule has 0 saturated heterocycles. The summed E-state index contributed by atoms with van der Waals surface area (Å²) in [5, 5.41) is 13.6. The van der Waals surface area contributed by atoms with Crippen LogP contribution in [0.1, 0.15) is 36.8 Å². The van der Waals surface area contributed by atoms with Crippen molar-refractivity contribution < 1.29 is 9.90 Å². The summed E-state index contributed by atoms with van der Waals surface area (Å²) in [5.74, 6) is -0.584. The Morgan fingerprint density at radius 1 is 1.35 bits per heavy atom. The van der Waals surface area contributed by atoms with Crippen LogP contribution in [-0.2, 0) is 5.41 Å². The summed E-state index contributed by atoms with van der Waals surface area (Å²) in [5.41, 5.74) is 7.38. The van der Waals surface area contributed by atoms with E-state index in [1.807, 2.05) is 20.8 Å². The maximum atomic E-state index is 10.9. The first-order valence-electron chi connectivity index (χ1n) is 6.09. The molecule has 3 N–H and O–H groups in total. The number of nitrogen functional groups attached to an aromatic ring is 1. The minimum absolute atomic E-state index is 0.0530. The molecular formula is C14H16ClN3O2. The Morgan fingerprint density at radius 2 is 2.00 bits per heavy atom. The Kier molecular flexibility index (Phi) is 3.48. The fourth-order valence-electron chi connectivity index (χ4n) is 1.78. The number of carboxylic acids is 1. The number of hydrogen-bond acceptors (Lipinski definition) is 3. The highest BCUT2D eigenvalue weighted by atomic mass is 35.5. The molecule has 0 aliphatic carbocycles. The molecule has 0 spiro atoms. The van der Waals surface area contributed by atoms with Gasteiger partial charge in [-0.2, -0.15) is 5.10 Å². The van der Waals surface area contributed by atoms with Gasteiger partial charge in [0.05, 0.1) is 22.0 Å². The smallest absolute Gasteiger partial charge is 0.337 e. The molecule has 0 fully saturated rings. The molecule has 0 radical (unpaired) electrons. The number of anilines is 1. The van der Waals surface area contributed by atoms with E-state index in [9.17, 15) is 4.79 Å². The number of rotatable bonds is 2. The summed E-state index contributed by atoms with van der Waals surface area (Å²) in [6.07, 6.45) is 0. The molecule has 0 aliphatic rings. The molecule has 2 rings (SSSR count). The molecule has 0 amide bonds. The number of nitrogens with two attached hydrogens (primary N) is 1.